The lowest BCUT2D eigenvalue weighted by molar-refractivity contribution is 0.365. The van der Waals surface area contributed by atoms with Gasteiger partial charge in [0.2, 0.25) is 5.89 Å². The van der Waals surface area contributed by atoms with Crippen molar-refractivity contribution in [2.45, 2.75) is 13.0 Å². The van der Waals surface area contributed by atoms with Crippen molar-refractivity contribution in [2.75, 3.05) is 6.54 Å². The number of halogens is 1. The highest BCUT2D eigenvalue weighted by molar-refractivity contribution is 6.29. The third kappa shape index (κ3) is 3.98. The molecule has 94 valence electrons. The second-order valence-electron chi connectivity index (χ2n) is 3.89. The summed E-state index contributed by atoms with van der Waals surface area (Å²) in [6, 6.07) is 10.0. The van der Waals surface area contributed by atoms with Crippen molar-refractivity contribution in [1.29, 1.82) is 0 Å². The third-order valence-corrected chi connectivity index (χ3v) is 2.44. The standard InChI is InChI=1S/C13H14ClN3O/c1-10(14)8-15-9-13-16-12(17-18-13)7-11-5-3-2-4-6-11/h2-6,15H,1,7-9H2. The molecule has 0 aliphatic rings. The summed E-state index contributed by atoms with van der Waals surface area (Å²) in [4.78, 5) is 4.29. The van der Waals surface area contributed by atoms with Gasteiger partial charge in [0.1, 0.15) is 0 Å². The smallest absolute Gasteiger partial charge is 0.240 e. The highest BCUT2D eigenvalue weighted by atomic mass is 35.5. The van der Waals surface area contributed by atoms with Gasteiger partial charge in [-0.25, -0.2) is 0 Å². The highest BCUT2D eigenvalue weighted by Crippen LogP contribution is 2.06. The molecular weight excluding hydrogens is 250 g/mol. The van der Waals surface area contributed by atoms with Crippen molar-refractivity contribution in [3.63, 3.8) is 0 Å². The molecule has 5 heteroatoms. The van der Waals surface area contributed by atoms with Gasteiger partial charge in [-0.3, -0.25) is 0 Å². The van der Waals surface area contributed by atoms with Crippen LogP contribution in [0.4, 0.5) is 0 Å². The van der Waals surface area contributed by atoms with Crippen LogP contribution in [0.15, 0.2) is 46.5 Å². The number of hydrogen-bond donors (Lipinski definition) is 1. The second-order valence-corrected chi connectivity index (χ2v) is 4.42. The Morgan fingerprint density at radius 2 is 2.11 bits per heavy atom. The predicted molar refractivity (Wildman–Crippen MR) is 70.2 cm³/mol. The van der Waals surface area contributed by atoms with Crippen LogP contribution in [-0.4, -0.2) is 16.7 Å². The zero-order chi connectivity index (χ0) is 12.8. The number of benzene rings is 1. The van der Waals surface area contributed by atoms with Crippen LogP contribution in [0.5, 0.6) is 0 Å². The molecule has 0 atom stereocenters. The average molecular weight is 264 g/mol. The van der Waals surface area contributed by atoms with Crippen molar-refractivity contribution < 1.29 is 4.52 Å². The van der Waals surface area contributed by atoms with Gasteiger partial charge >= 0.3 is 0 Å². The third-order valence-electron chi connectivity index (χ3n) is 2.31. The van der Waals surface area contributed by atoms with E-state index in [2.05, 4.69) is 22.0 Å². The Balaban J connectivity index is 1.88. The molecule has 0 fully saturated rings. The number of nitrogens with zero attached hydrogens (tertiary/aromatic N) is 2. The maximum atomic E-state index is 5.63. The zero-order valence-corrected chi connectivity index (χ0v) is 10.7. The van der Waals surface area contributed by atoms with Crippen LogP contribution in [0.2, 0.25) is 0 Å². The van der Waals surface area contributed by atoms with E-state index in [4.69, 9.17) is 16.1 Å². The number of rotatable bonds is 6. The first-order chi connectivity index (χ1) is 8.74. The quantitative estimate of drug-likeness (QED) is 0.870. The average Bonchev–Trinajstić information content (AvgIpc) is 2.78. The predicted octanol–water partition coefficient (Wildman–Crippen LogP) is 2.50. The lowest BCUT2D eigenvalue weighted by Crippen LogP contribution is -2.14. The van der Waals surface area contributed by atoms with Gasteiger partial charge in [-0.2, -0.15) is 4.98 Å². The summed E-state index contributed by atoms with van der Waals surface area (Å²) in [6.45, 7) is 4.60. The molecule has 2 rings (SSSR count). The van der Waals surface area contributed by atoms with Gasteiger partial charge in [-0.1, -0.05) is 53.7 Å². The molecule has 0 amide bonds. The van der Waals surface area contributed by atoms with Gasteiger partial charge in [-0.05, 0) is 5.56 Å². The lowest BCUT2D eigenvalue weighted by Gasteiger charge is -1.97. The summed E-state index contributed by atoms with van der Waals surface area (Å²) in [6.07, 6.45) is 0.673. The fourth-order valence-corrected chi connectivity index (χ4v) is 1.61. The molecule has 2 aromatic rings. The zero-order valence-electron chi connectivity index (χ0n) is 9.90. The molecular formula is C13H14ClN3O. The molecule has 0 spiro atoms. The van der Waals surface area contributed by atoms with Crippen LogP contribution in [-0.2, 0) is 13.0 Å². The van der Waals surface area contributed by atoms with Gasteiger partial charge in [-0.15, -0.1) is 0 Å². The summed E-state index contributed by atoms with van der Waals surface area (Å²) in [5, 5.41) is 7.53. The minimum absolute atomic E-state index is 0.494. The monoisotopic (exact) mass is 263 g/mol. The Bertz CT molecular complexity index is 510. The minimum atomic E-state index is 0.494. The molecule has 0 aliphatic carbocycles. The summed E-state index contributed by atoms with van der Waals surface area (Å²) >= 11 is 5.63. The van der Waals surface area contributed by atoms with Gasteiger partial charge in [0.05, 0.1) is 6.54 Å². The van der Waals surface area contributed by atoms with E-state index in [1.807, 2.05) is 30.3 Å². The van der Waals surface area contributed by atoms with Crippen LogP contribution in [0.1, 0.15) is 17.3 Å². The molecule has 18 heavy (non-hydrogen) atoms. The SMILES string of the molecule is C=C(Cl)CNCc1nc(Cc2ccccc2)no1. The summed E-state index contributed by atoms with van der Waals surface area (Å²) in [5.74, 6) is 1.24. The van der Waals surface area contributed by atoms with Crippen LogP contribution in [0, 0.1) is 0 Å². The molecule has 0 unspecified atom stereocenters. The Hall–Kier alpha value is -1.65. The molecule has 1 aromatic carbocycles. The molecule has 1 N–H and O–H groups in total. The number of aromatic nitrogens is 2. The Kier molecular flexibility index (Phi) is 4.50. The van der Waals surface area contributed by atoms with Crippen LogP contribution in [0.25, 0.3) is 0 Å². The number of nitrogens with one attached hydrogen (secondary N) is 1. The maximum Gasteiger partial charge on any atom is 0.240 e. The molecule has 0 aliphatic heterocycles. The number of hydrogen-bond acceptors (Lipinski definition) is 4. The van der Waals surface area contributed by atoms with E-state index < -0.39 is 0 Å². The maximum absolute atomic E-state index is 5.63. The van der Waals surface area contributed by atoms with E-state index in [1.54, 1.807) is 0 Å². The van der Waals surface area contributed by atoms with Crippen molar-refractivity contribution in [2.24, 2.45) is 0 Å². The molecule has 1 aromatic heterocycles. The van der Waals surface area contributed by atoms with Gasteiger partial charge < -0.3 is 9.84 Å². The van der Waals surface area contributed by atoms with Crippen LogP contribution < -0.4 is 5.32 Å². The van der Waals surface area contributed by atoms with Crippen molar-refractivity contribution in [1.82, 2.24) is 15.5 Å². The first-order valence-corrected chi connectivity index (χ1v) is 6.01. The largest absolute Gasteiger partial charge is 0.338 e. The van der Waals surface area contributed by atoms with E-state index in [0.717, 1.165) is 5.56 Å². The van der Waals surface area contributed by atoms with E-state index in [1.165, 1.54) is 0 Å². The normalized spacial score (nSPS) is 10.5. The summed E-state index contributed by atoms with van der Waals surface area (Å²) < 4.78 is 5.12. The van der Waals surface area contributed by atoms with Crippen LogP contribution >= 0.6 is 11.6 Å². The van der Waals surface area contributed by atoms with Gasteiger partial charge in [0.25, 0.3) is 0 Å². The van der Waals surface area contributed by atoms with E-state index in [-0.39, 0.29) is 0 Å². The Labute approximate surface area is 111 Å². The molecule has 1 heterocycles. The first kappa shape index (κ1) is 12.8. The van der Waals surface area contributed by atoms with Crippen molar-refractivity contribution >= 4 is 11.6 Å². The van der Waals surface area contributed by atoms with Gasteiger partial charge in [0.15, 0.2) is 5.82 Å². The Morgan fingerprint density at radius 3 is 2.83 bits per heavy atom. The molecule has 0 radical (unpaired) electrons. The topological polar surface area (TPSA) is 51.0 Å². The summed E-state index contributed by atoms with van der Waals surface area (Å²) in [5.41, 5.74) is 1.16. The molecule has 0 saturated heterocycles. The van der Waals surface area contributed by atoms with E-state index in [0.29, 0.717) is 36.3 Å². The second kappa shape index (κ2) is 6.33. The molecule has 0 bridgehead atoms. The van der Waals surface area contributed by atoms with Crippen molar-refractivity contribution in [3.05, 3.63) is 59.2 Å². The fourth-order valence-electron chi connectivity index (χ4n) is 1.52. The van der Waals surface area contributed by atoms with E-state index in [9.17, 15) is 0 Å². The first-order valence-electron chi connectivity index (χ1n) is 5.63. The fraction of sp³-hybridized carbons (Fsp3) is 0.231. The van der Waals surface area contributed by atoms with Crippen LogP contribution in [0.3, 0.4) is 0 Å². The highest BCUT2D eigenvalue weighted by Gasteiger charge is 2.06. The lowest BCUT2D eigenvalue weighted by atomic mass is 10.1. The minimum Gasteiger partial charge on any atom is -0.338 e. The Morgan fingerprint density at radius 1 is 1.33 bits per heavy atom. The van der Waals surface area contributed by atoms with Gasteiger partial charge in [0, 0.05) is 18.0 Å². The van der Waals surface area contributed by atoms with E-state index >= 15 is 0 Å². The molecule has 0 saturated carbocycles. The summed E-state index contributed by atoms with van der Waals surface area (Å²) in [7, 11) is 0. The molecule has 4 nitrogen and oxygen atoms in total. The van der Waals surface area contributed by atoms with Crippen molar-refractivity contribution in [3.8, 4) is 0 Å².